The minimum Gasteiger partial charge on any atom is -0.334 e. The van der Waals surface area contributed by atoms with Gasteiger partial charge in [0.05, 0.1) is 10.7 Å². The first-order valence-corrected chi connectivity index (χ1v) is 8.60. The number of aryl methyl sites for hydroxylation is 1. The van der Waals surface area contributed by atoms with E-state index in [1.54, 1.807) is 28.4 Å². The Labute approximate surface area is 146 Å². The Morgan fingerprint density at radius 3 is 2.75 bits per heavy atom. The second-order valence-electron chi connectivity index (χ2n) is 5.82. The number of halogens is 1. The van der Waals surface area contributed by atoms with E-state index >= 15 is 0 Å². The van der Waals surface area contributed by atoms with Crippen LogP contribution in [-0.2, 0) is 11.3 Å². The van der Waals surface area contributed by atoms with E-state index in [2.05, 4.69) is 4.98 Å². The van der Waals surface area contributed by atoms with Crippen LogP contribution < -0.4 is 0 Å². The average molecular weight is 347 g/mol. The maximum Gasteiger partial charge on any atom is 0.246 e. The van der Waals surface area contributed by atoms with E-state index < -0.39 is 0 Å². The molecular formula is C18H22FN3OS. The highest BCUT2D eigenvalue weighted by Gasteiger charge is 2.12. The van der Waals surface area contributed by atoms with Crippen LogP contribution in [0.2, 0.25) is 0 Å². The van der Waals surface area contributed by atoms with Gasteiger partial charge in [-0.15, -0.1) is 11.3 Å². The third-order valence-corrected chi connectivity index (χ3v) is 4.22. The van der Waals surface area contributed by atoms with Gasteiger partial charge in [-0.25, -0.2) is 9.37 Å². The molecule has 6 heteroatoms. The molecular weight excluding hydrogens is 325 g/mol. The van der Waals surface area contributed by atoms with Crippen LogP contribution in [0.15, 0.2) is 35.7 Å². The van der Waals surface area contributed by atoms with Crippen molar-refractivity contribution in [1.82, 2.24) is 14.8 Å². The third kappa shape index (κ3) is 5.86. The fourth-order valence-electron chi connectivity index (χ4n) is 2.16. The lowest BCUT2D eigenvalue weighted by atomic mass is 10.2. The summed E-state index contributed by atoms with van der Waals surface area (Å²) in [5.41, 5.74) is 1.56. The van der Waals surface area contributed by atoms with Crippen molar-refractivity contribution >= 4 is 23.3 Å². The van der Waals surface area contributed by atoms with Crippen LogP contribution in [0, 0.1) is 12.7 Å². The predicted molar refractivity (Wildman–Crippen MR) is 96.3 cm³/mol. The number of hydrogen-bond acceptors (Lipinski definition) is 4. The number of likely N-dealkylation sites (N-methyl/N-ethyl adjacent to an activating group) is 1. The van der Waals surface area contributed by atoms with E-state index in [-0.39, 0.29) is 11.7 Å². The quantitative estimate of drug-likeness (QED) is 0.722. The van der Waals surface area contributed by atoms with Crippen molar-refractivity contribution in [1.29, 1.82) is 0 Å². The first-order chi connectivity index (χ1) is 11.4. The SMILES string of the molecule is Cc1nc(/C=C\C(=O)N(CCN(C)C)Cc2cccc(F)c2)cs1. The van der Waals surface area contributed by atoms with Gasteiger partial charge in [0.25, 0.3) is 0 Å². The standard InChI is InChI=1S/C18H22FN3OS/c1-14-20-17(13-24-14)7-8-18(23)22(10-9-21(2)3)12-15-5-4-6-16(19)11-15/h4-8,11,13H,9-10,12H2,1-3H3/b8-7-. The first-order valence-electron chi connectivity index (χ1n) is 7.72. The van der Waals surface area contributed by atoms with E-state index in [1.807, 2.05) is 37.4 Å². The Balaban J connectivity index is 2.08. The highest BCUT2D eigenvalue weighted by Crippen LogP contribution is 2.11. The average Bonchev–Trinajstić information content (AvgIpc) is 2.94. The maximum atomic E-state index is 13.4. The van der Waals surface area contributed by atoms with E-state index in [4.69, 9.17) is 0 Å². The molecule has 0 bridgehead atoms. The van der Waals surface area contributed by atoms with Gasteiger partial charge in [-0.2, -0.15) is 0 Å². The normalized spacial score (nSPS) is 11.4. The molecule has 0 saturated carbocycles. The fraction of sp³-hybridized carbons (Fsp3) is 0.333. The van der Waals surface area contributed by atoms with Crippen LogP contribution in [0.25, 0.3) is 6.08 Å². The summed E-state index contributed by atoms with van der Waals surface area (Å²) in [5, 5.41) is 2.88. The van der Waals surface area contributed by atoms with Gasteiger partial charge < -0.3 is 9.80 Å². The molecule has 0 N–H and O–H groups in total. The van der Waals surface area contributed by atoms with E-state index in [1.165, 1.54) is 18.2 Å². The van der Waals surface area contributed by atoms with Crippen molar-refractivity contribution in [3.05, 3.63) is 57.8 Å². The zero-order chi connectivity index (χ0) is 17.5. The molecule has 0 fully saturated rings. The summed E-state index contributed by atoms with van der Waals surface area (Å²) in [6.07, 6.45) is 3.25. The number of aromatic nitrogens is 1. The van der Waals surface area contributed by atoms with Crippen molar-refractivity contribution in [2.24, 2.45) is 0 Å². The molecule has 1 amide bonds. The minimum atomic E-state index is -0.291. The molecule has 2 rings (SSSR count). The molecule has 0 aliphatic rings. The topological polar surface area (TPSA) is 36.4 Å². The Morgan fingerprint density at radius 1 is 1.33 bits per heavy atom. The monoisotopic (exact) mass is 347 g/mol. The number of carbonyl (C=O) groups excluding carboxylic acids is 1. The molecule has 0 saturated heterocycles. The van der Waals surface area contributed by atoms with Gasteiger partial charge in [0.2, 0.25) is 5.91 Å². The molecule has 1 heterocycles. The lowest BCUT2D eigenvalue weighted by Crippen LogP contribution is -2.35. The Hall–Kier alpha value is -2.05. The summed E-state index contributed by atoms with van der Waals surface area (Å²) < 4.78 is 13.4. The van der Waals surface area contributed by atoms with Gasteiger partial charge in [0.1, 0.15) is 5.82 Å². The van der Waals surface area contributed by atoms with Crippen LogP contribution in [0.1, 0.15) is 16.3 Å². The summed E-state index contributed by atoms with van der Waals surface area (Å²) in [6, 6.07) is 6.35. The molecule has 0 aliphatic heterocycles. The number of amides is 1. The molecule has 4 nitrogen and oxygen atoms in total. The molecule has 128 valence electrons. The van der Waals surface area contributed by atoms with Gasteiger partial charge in [-0.1, -0.05) is 12.1 Å². The van der Waals surface area contributed by atoms with Crippen molar-refractivity contribution in [3.8, 4) is 0 Å². The third-order valence-electron chi connectivity index (χ3n) is 3.42. The van der Waals surface area contributed by atoms with Gasteiger partial charge in [0, 0.05) is 31.1 Å². The van der Waals surface area contributed by atoms with Crippen molar-refractivity contribution < 1.29 is 9.18 Å². The molecule has 0 aliphatic carbocycles. The molecule has 24 heavy (non-hydrogen) atoms. The largest absolute Gasteiger partial charge is 0.334 e. The summed E-state index contributed by atoms with van der Waals surface area (Å²) >= 11 is 1.55. The lowest BCUT2D eigenvalue weighted by molar-refractivity contribution is -0.126. The summed E-state index contributed by atoms with van der Waals surface area (Å²) in [5.74, 6) is -0.396. The number of nitrogens with zero attached hydrogens (tertiary/aromatic N) is 3. The van der Waals surface area contributed by atoms with Gasteiger partial charge in [-0.3, -0.25) is 4.79 Å². The van der Waals surface area contributed by atoms with E-state index in [0.717, 1.165) is 22.8 Å². The van der Waals surface area contributed by atoms with Gasteiger partial charge >= 0.3 is 0 Å². The molecule has 0 radical (unpaired) electrons. The van der Waals surface area contributed by atoms with Gasteiger partial charge in [-0.05, 0) is 44.8 Å². The highest BCUT2D eigenvalue weighted by molar-refractivity contribution is 7.09. The Bertz CT molecular complexity index is 712. The molecule has 0 spiro atoms. The van der Waals surface area contributed by atoms with Crippen LogP contribution in [-0.4, -0.2) is 47.9 Å². The second-order valence-corrected chi connectivity index (χ2v) is 6.88. The molecule has 1 aromatic carbocycles. The summed E-state index contributed by atoms with van der Waals surface area (Å²) in [6.45, 7) is 3.62. The predicted octanol–water partition coefficient (Wildman–Crippen LogP) is 3.19. The maximum absolute atomic E-state index is 13.4. The second kappa shape index (κ2) is 8.70. The van der Waals surface area contributed by atoms with E-state index in [0.29, 0.717) is 13.1 Å². The van der Waals surface area contributed by atoms with Crippen LogP contribution in [0.3, 0.4) is 0 Å². The lowest BCUT2D eigenvalue weighted by Gasteiger charge is -2.23. The number of hydrogen-bond donors (Lipinski definition) is 0. The zero-order valence-corrected chi connectivity index (χ0v) is 15.0. The number of benzene rings is 1. The fourth-order valence-corrected chi connectivity index (χ4v) is 2.74. The van der Waals surface area contributed by atoms with Gasteiger partial charge in [0.15, 0.2) is 0 Å². The molecule has 2 aromatic rings. The van der Waals surface area contributed by atoms with Crippen LogP contribution >= 0.6 is 11.3 Å². The van der Waals surface area contributed by atoms with Crippen molar-refractivity contribution in [3.63, 3.8) is 0 Å². The Morgan fingerprint density at radius 2 is 2.12 bits per heavy atom. The number of carbonyl (C=O) groups is 1. The smallest absolute Gasteiger partial charge is 0.246 e. The summed E-state index contributed by atoms with van der Waals surface area (Å²) in [4.78, 5) is 20.6. The number of thiazole rings is 1. The van der Waals surface area contributed by atoms with E-state index in [9.17, 15) is 9.18 Å². The highest BCUT2D eigenvalue weighted by atomic mass is 32.1. The molecule has 0 atom stereocenters. The van der Waals surface area contributed by atoms with Crippen LogP contribution in [0.5, 0.6) is 0 Å². The number of rotatable bonds is 7. The van der Waals surface area contributed by atoms with Crippen molar-refractivity contribution in [2.75, 3.05) is 27.2 Å². The first kappa shape index (κ1) is 18.3. The summed E-state index contributed by atoms with van der Waals surface area (Å²) in [7, 11) is 3.91. The van der Waals surface area contributed by atoms with Crippen molar-refractivity contribution in [2.45, 2.75) is 13.5 Å². The molecule has 1 aromatic heterocycles. The minimum absolute atomic E-state index is 0.105. The Kier molecular flexibility index (Phi) is 6.63. The van der Waals surface area contributed by atoms with Crippen LogP contribution in [0.4, 0.5) is 4.39 Å². The molecule has 0 unspecified atom stereocenters. The zero-order valence-electron chi connectivity index (χ0n) is 14.2.